The van der Waals surface area contributed by atoms with Gasteiger partial charge in [-0.1, -0.05) is 26.5 Å². The van der Waals surface area contributed by atoms with Gasteiger partial charge in [-0.3, -0.25) is 0 Å². The van der Waals surface area contributed by atoms with E-state index in [0.717, 1.165) is 31.8 Å². The van der Waals surface area contributed by atoms with Crippen LogP contribution in [0.25, 0.3) is 0 Å². The molecule has 0 spiro atoms. The van der Waals surface area contributed by atoms with Gasteiger partial charge in [0.2, 0.25) is 0 Å². The van der Waals surface area contributed by atoms with Crippen LogP contribution in [0.5, 0.6) is 0 Å². The molecule has 0 bridgehead atoms. The van der Waals surface area contributed by atoms with Gasteiger partial charge < -0.3 is 9.47 Å². The molecule has 102 valence electrons. The molecule has 0 heterocycles. The van der Waals surface area contributed by atoms with Gasteiger partial charge >= 0.3 is 11.9 Å². The Morgan fingerprint density at radius 2 is 1.72 bits per heavy atom. The van der Waals surface area contributed by atoms with Crippen molar-refractivity contribution < 1.29 is 19.1 Å². The summed E-state index contributed by atoms with van der Waals surface area (Å²) in [5.41, 5.74) is 0. The Labute approximate surface area is 109 Å². The van der Waals surface area contributed by atoms with Gasteiger partial charge in [-0.05, 0) is 25.2 Å². The molecule has 0 aliphatic carbocycles. The predicted molar refractivity (Wildman–Crippen MR) is 69.9 cm³/mol. The van der Waals surface area contributed by atoms with Crippen LogP contribution >= 0.6 is 0 Å². The second kappa shape index (κ2) is 10.6. The molecule has 0 N–H and O–H groups in total. The highest BCUT2D eigenvalue weighted by molar-refractivity contribution is 5.81. The lowest BCUT2D eigenvalue weighted by atomic mass is 10.0. The van der Waals surface area contributed by atoms with Crippen molar-refractivity contribution in [2.45, 2.75) is 32.6 Å². The maximum Gasteiger partial charge on any atom is 0.330 e. The van der Waals surface area contributed by atoms with E-state index in [-0.39, 0.29) is 11.9 Å². The third-order valence-electron chi connectivity index (χ3n) is 2.62. The van der Waals surface area contributed by atoms with Crippen molar-refractivity contribution in [3.8, 4) is 0 Å². The first-order valence-electron chi connectivity index (χ1n) is 6.22. The Balaban J connectivity index is 3.61. The summed E-state index contributed by atoms with van der Waals surface area (Å²) < 4.78 is 9.87. The molecule has 0 aromatic carbocycles. The van der Waals surface area contributed by atoms with E-state index in [1.54, 1.807) is 0 Å². The Bertz CT molecular complexity index is 284. The van der Waals surface area contributed by atoms with E-state index in [1.165, 1.54) is 6.08 Å². The van der Waals surface area contributed by atoms with E-state index < -0.39 is 0 Å². The lowest BCUT2D eigenvalue weighted by Gasteiger charge is -2.14. The zero-order chi connectivity index (χ0) is 13.8. The van der Waals surface area contributed by atoms with E-state index in [9.17, 15) is 9.59 Å². The maximum absolute atomic E-state index is 10.9. The summed E-state index contributed by atoms with van der Waals surface area (Å²) >= 11 is 0. The van der Waals surface area contributed by atoms with Crippen LogP contribution in [0.4, 0.5) is 0 Å². The van der Waals surface area contributed by atoms with Crippen molar-refractivity contribution in [3.05, 3.63) is 25.3 Å². The number of hydrogen-bond acceptors (Lipinski definition) is 4. The normalized spacial score (nSPS) is 11.4. The molecule has 0 aliphatic heterocycles. The third kappa shape index (κ3) is 8.56. The van der Waals surface area contributed by atoms with E-state index in [2.05, 4.69) is 20.1 Å². The van der Waals surface area contributed by atoms with Crippen LogP contribution in [0, 0.1) is 5.92 Å². The maximum atomic E-state index is 10.9. The van der Waals surface area contributed by atoms with Crippen LogP contribution < -0.4 is 0 Å². The van der Waals surface area contributed by atoms with Crippen molar-refractivity contribution in [3.63, 3.8) is 0 Å². The van der Waals surface area contributed by atoms with Crippen LogP contribution in [-0.2, 0) is 19.1 Å². The van der Waals surface area contributed by atoms with Crippen molar-refractivity contribution in [2.24, 2.45) is 5.92 Å². The first-order valence-corrected chi connectivity index (χ1v) is 6.22. The van der Waals surface area contributed by atoms with Gasteiger partial charge in [0.1, 0.15) is 0 Å². The molecule has 0 saturated heterocycles. The van der Waals surface area contributed by atoms with Gasteiger partial charge in [-0.2, -0.15) is 0 Å². The minimum absolute atomic E-state index is 0.351. The number of ether oxygens (including phenoxy) is 2. The van der Waals surface area contributed by atoms with Crippen LogP contribution in [0.1, 0.15) is 32.6 Å². The van der Waals surface area contributed by atoms with Crippen LogP contribution in [-0.4, -0.2) is 25.2 Å². The van der Waals surface area contributed by atoms with E-state index in [4.69, 9.17) is 9.47 Å². The molecule has 0 amide bonds. The Morgan fingerprint density at radius 3 is 2.28 bits per heavy atom. The SMILES string of the molecule is C=CC(=O)OCCCCC(CC)COC(=O)C=C. The van der Waals surface area contributed by atoms with Crippen LogP contribution in [0.3, 0.4) is 0 Å². The zero-order valence-electron chi connectivity index (χ0n) is 11.0. The highest BCUT2D eigenvalue weighted by Gasteiger charge is 2.08. The smallest absolute Gasteiger partial charge is 0.330 e. The lowest BCUT2D eigenvalue weighted by molar-refractivity contribution is -0.140. The summed E-state index contributed by atoms with van der Waals surface area (Å²) in [5.74, 6) is -0.417. The summed E-state index contributed by atoms with van der Waals surface area (Å²) in [6, 6.07) is 0. The molecule has 18 heavy (non-hydrogen) atoms. The Morgan fingerprint density at radius 1 is 1.11 bits per heavy atom. The summed E-state index contributed by atoms with van der Waals surface area (Å²) in [4.78, 5) is 21.7. The summed E-state index contributed by atoms with van der Waals surface area (Å²) in [6.45, 7) is 9.56. The van der Waals surface area contributed by atoms with Gasteiger partial charge in [0.25, 0.3) is 0 Å². The Hall–Kier alpha value is -1.58. The highest BCUT2D eigenvalue weighted by atomic mass is 16.5. The second-order valence-electron chi connectivity index (χ2n) is 3.98. The fraction of sp³-hybridized carbons (Fsp3) is 0.571. The standard InChI is InChI=1S/C14H22O4/c1-4-12(11-18-14(16)6-3)9-7-8-10-17-13(15)5-2/h5-6,12H,2-4,7-11H2,1H3. The lowest BCUT2D eigenvalue weighted by Crippen LogP contribution is -2.12. The molecule has 0 saturated carbocycles. The van der Waals surface area contributed by atoms with Gasteiger partial charge in [-0.15, -0.1) is 0 Å². The minimum atomic E-state index is -0.387. The number of unbranched alkanes of at least 4 members (excludes halogenated alkanes) is 1. The number of hydrogen-bond donors (Lipinski definition) is 0. The van der Waals surface area contributed by atoms with E-state index in [0.29, 0.717) is 19.1 Å². The number of carbonyl (C=O) groups excluding carboxylic acids is 2. The van der Waals surface area contributed by atoms with Gasteiger partial charge in [0, 0.05) is 12.2 Å². The monoisotopic (exact) mass is 254 g/mol. The van der Waals surface area contributed by atoms with E-state index >= 15 is 0 Å². The summed E-state index contributed by atoms with van der Waals surface area (Å²) in [5, 5.41) is 0. The van der Waals surface area contributed by atoms with E-state index in [1.807, 2.05) is 0 Å². The number of carbonyl (C=O) groups is 2. The first kappa shape index (κ1) is 16.4. The van der Waals surface area contributed by atoms with Crippen LogP contribution in [0.2, 0.25) is 0 Å². The molecule has 0 aromatic rings. The van der Waals surface area contributed by atoms with Gasteiger partial charge in [0.05, 0.1) is 13.2 Å². The van der Waals surface area contributed by atoms with Gasteiger partial charge in [-0.25, -0.2) is 9.59 Å². The second-order valence-corrected chi connectivity index (χ2v) is 3.98. The van der Waals surface area contributed by atoms with Crippen molar-refractivity contribution in [1.82, 2.24) is 0 Å². The molecule has 0 fully saturated rings. The number of esters is 2. The topological polar surface area (TPSA) is 52.6 Å². The predicted octanol–water partition coefficient (Wildman–Crippen LogP) is 2.64. The molecular formula is C14H22O4. The highest BCUT2D eigenvalue weighted by Crippen LogP contribution is 2.13. The van der Waals surface area contributed by atoms with Crippen LogP contribution in [0.15, 0.2) is 25.3 Å². The summed E-state index contributed by atoms with van der Waals surface area (Å²) in [7, 11) is 0. The molecule has 0 rings (SSSR count). The average Bonchev–Trinajstić information content (AvgIpc) is 2.40. The van der Waals surface area contributed by atoms with Gasteiger partial charge in [0.15, 0.2) is 0 Å². The van der Waals surface area contributed by atoms with Crippen molar-refractivity contribution in [2.75, 3.05) is 13.2 Å². The molecule has 1 unspecified atom stereocenters. The molecule has 4 heteroatoms. The average molecular weight is 254 g/mol. The molecule has 4 nitrogen and oxygen atoms in total. The minimum Gasteiger partial charge on any atom is -0.463 e. The summed E-state index contributed by atoms with van der Waals surface area (Å²) in [6.07, 6.45) is 5.98. The molecule has 0 aromatic heterocycles. The quantitative estimate of drug-likeness (QED) is 0.341. The van der Waals surface area contributed by atoms with Crippen molar-refractivity contribution in [1.29, 1.82) is 0 Å². The molecular weight excluding hydrogens is 232 g/mol. The first-order chi connectivity index (χ1) is 8.63. The number of rotatable bonds is 10. The fourth-order valence-electron chi connectivity index (χ4n) is 1.43. The Kier molecular flexibility index (Phi) is 9.64. The largest absolute Gasteiger partial charge is 0.463 e. The zero-order valence-corrected chi connectivity index (χ0v) is 11.0. The molecule has 0 radical (unpaired) electrons. The molecule has 0 aliphatic rings. The van der Waals surface area contributed by atoms with Crippen molar-refractivity contribution >= 4 is 11.9 Å². The third-order valence-corrected chi connectivity index (χ3v) is 2.62. The molecule has 1 atom stereocenters. The fourth-order valence-corrected chi connectivity index (χ4v) is 1.43.